The van der Waals surface area contributed by atoms with Crippen LogP contribution in [-0.4, -0.2) is 66.6 Å². The van der Waals surface area contributed by atoms with E-state index in [1.807, 2.05) is 0 Å². The first-order valence-corrected chi connectivity index (χ1v) is 17.3. The summed E-state index contributed by atoms with van der Waals surface area (Å²) in [6.45, 7) is 0.982. The van der Waals surface area contributed by atoms with Gasteiger partial charge in [-0.1, -0.05) is 34.4 Å². The Morgan fingerprint density at radius 3 is 2.45 bits per heavy atom. The minimum atomic E-state index is -3.60. The van der Waals surface area contributed by atoms with Gasteiger partial charge in [-0.15, -0.1) is 0 Å². The fourth-order valence-corrected chi connectivity index (χ4v) is 8.90. The third-order valence-corrected chi connectivity index (χ3v) is 11.9. The highest BCUT2D eigenvalue weighted by Gasteiger charge is 2.52. The third kappa shape index (κ3) is 5.58. The Hall–Kier alpha value is -2.83. The van der Waals surface area contributed by atoms with Crippen LogP contribution in [0.5, 0.6) is 0 Å². The molecule has 0 spiro atoms. The van der Waals surface area contributed by atoms with Crippen molar-refractivity contribution in [2.24, 2.45) is 5.92 Å². The number of sulfone groups is 1. The van der Waals surface area contributed by atoms with Crippen molar-refractivity contribution in [1.82, 2.24) is 10.1 Å². The predicted molar refractivity (Wildman–Crippen MR) is 163 cm³/mol. The zero-order chi connectivity index (χ0) is 30.6. The molecule has 0 N–H and O–H groups in total. The number of aromatic nitrogens is 2. The van der Waals surface area contributed by atoms with Crippen molar-refractivity contribution in [2.45, 2.75) is 68.4 Å². The second-order valence-electron chi connectivity index (χ2n) is 12.0. The molecular formula is C31H31Cl2N3O7S. The van der Waals surface area contributed by atoms with Gasteiger partial charge in [-0.2, -0.15) is 0 Å². The molecule has 3 aromatic rings. The number of fused-ring (bicyclic) bond motifs is 2. The summed E-state index contributed by atoms with van der Waals surface area (Å²) in [4.78, 5) is 32.2. The number of nitrogens with zero attached hydrogens (tertiary/aromatic N) is 3. The molecular weight excluding hydrogens is 629 g/mol. The minimum Gasteiger partial charge on any atom is -0.381 e. The Morgan fingerprint density at radius 1 is 1.05 bits per heavy atom. The van der Waals surface area contributed by atoms with Gasteiger partial charge in [0, 0.05) is 36.3 Å². The summed E-state index contributed by atoms with van der Waals surface area (Å²) >= 11 is 13.0. The van der Waals surface area contributed by atoms with Gasteiger partial charge in [-0.25, -0.2) is 8.42 Å². The molecule has 7 rings (SSSR count). The van der Waals surface area contributed by atoms with Crippen LogP contribution in [0.4, 0.5) is 5.69 Å². The van der Waals surface area contributed by atoms with Crippen LogP contribution in [0, 0.1) is 5.92 Å². The molecule has 4 heterocycles. The van der Waals surface area contributed by atoms with E-state index in [2.05, 4.69) is 10.1 Å². The van der Waals surface area contributed by atoms with E-state index in [-0.39, 0.29) is 42.2 Å². The summed E-state index contributed by atoms with van der Waals surface area (Å²) in [5.41, 5.74) is 2.64. The van der Waals surface area contributed by atoms with Crippen molar-refractivity contribution in [3.63, 3.8) is 0 Å². The van der Waals surface area contributed by atoms with E-state index in [9.17, 15) is 18.0 Å². The Balaban J connectivity index is 1.01. The lowest BCUT2D eigenvalue weighted by molar-refractivity contribution is -0.126. The Bertz CT molecular complexity index is 1680. The smallest absolute Gasteiger partial charge is 0.233 e. The van der Waals surface area contributed by atoms with E-state index in [1.165, 1.54) is 12.3 Å². The average Bonchev–Trinajstić information content (AvgIpc) is 3.52. The topological polar surface area (TPSA) is 129 Å². The van der Waals surface area contributed by atoms with Crippen LogP contribution >= 0.6 is 23.2 Å². The zero-order valence-electron chi connectivity index (χ0n) is 23.8. The molecule has 44 heavy (non-hydrogen) atoms. The SMILES string of the molecule is O=C(CS(=O)(=O)C1CCOCC1)c1ccc(N2C(=O)[C@@H]3C[C@H]2C[C@H]3OCc2c(-c3c(Cl)cccc3Cl)noc2C2CC2)cn1. The van der Waals surface area contributed by atoms with Gasteiger partial charge in [-0.3, -0.25) is 14.6 Å². The number of rotatable bonds is 10. The molecule has 10 nitrogen and oxygen atoms in total. The van der Waals surface area contributed by atoms with E-state index in [1.54, 1.807) is 29.2 Å². The number of Topliss-reactive ketones (excluding diaryl/α,β-unsaturated/α-hetero) is 1. The van der Waals surface area contributed by atoms with Crippen LogP contribution in [0.2, 0.25) is 10.0 Å². The van der Waals surface area contributed by atoms with Crippen LogP contribution in [-0.2, 0) is 30.7 Å². The zero-order valence-corrected chi connectivity index (χ0v) is 26.1. The van der Waals surface area contributed by atoms with Gasteiger partial charge in [-0.05, 0) is 62.8 Å². The molecule has 2 aliphatic heterocycles. The maximum Gasteiger partial charge on any atom is 0.233 e. The molecule has 2 saturated heterocycles. The van der Waals surface area contributed by atoms with Gasteiger partial charge in [0.1, 0.15) is 22.9 Å². The Labute approximate surface area is 264 Å². The van der Waals surface area contributed by atoms with Gasteiger partial charge in [0.2, 0.25) is 5.91 Å². The normalized spacial score (nSPS) is 23.9. The van der Waals surface area contributed by atoms with E-state index < -0.39 is 26.6 Å². The summed E-state index contributed by atoms with van der Waals surface area (Å²) in [6.07, 6.45) is 5.31. The summed E-state index contributed by atoms with van der Waals surface area (Å²) in [7, 11) is -3.60. The van der Waals surface area contributed by atoms with Crippen molar-refractivity contribution in [3.05, 3.63) is 63.6 Å². The number of carbonyl (C=O) groups excluding carboxylic acids is 2. The van der Waals surface area contributed by atoms with Crippen LogP contribution in [0.1, 0.15) is 66.3 Å². The maximum atomic E-state index is 13.5. The highest BCUT2D eigenvalue weighted by Crippen LogP contribution is 2.47. The van der Waals surface area contributed by atoms with Crippen molar-refractivity contribution < 1.29 is 32.0 Å². The number of halogens is 2. The van der Waals surface area contributed by atoms with E-state index in [0.717, 1.165) is 24.2 Å². The number of piperidine rings is 1. The molecule has 1 aromatic carbocycles. The van der Waals surface area contributed by atoms with Crippen molar-refractivity contribution in [1.29, 1.82) is 0 Å². The van der Waals surface area contributed by atoms with E-state index in [4.69, 9.17) is 37.2 Å². The number of hydrogen-bond acceptors (Lipinski definition) is 9. The Morgan fingerprint density at radius 2 is 1.80 bits per heavy atom. The number of carbonyl (C=O) groups is 2. The van der Waals surface area contributed by atoms with Gasteiger partial charge in [0.25, 0.3) is 0 Å². The highest BCUT2D eigenvalue weighted by atomic mass is 35.5. The highest BCUT2D eigenvalue weighted by molar-refractivity contribution is 7.92. The molecule has 3 atom stereocenters. The molecule has 232 valence electrons. The lowest BCUT2D eigenvalue weighted by atomic mass is 10.0. The van der Waals surface area contributed by atoms with Crippen molar-refractivity contribution in [2.75, 3.05) is 23.9 Å². The summed E-state index contributed by atoms with van der Waals surface area (Å²) in [5.74, 6) is -0.442. The average molecular weight is 661 g/mol. The standard InChI is InChI=1S/C31H31Cl2N3O7S/c32-23-2-1-3-24(33)28(23)29-22(30(43-35-29)17-4-5-17)15-42-27-13-19-12-21(27)31(38)36(19)18-6-7-25(34-14-18)26(37)16-44(39,40)20-8-10-41-11-9-20/h1-3,6-7,14,17,19-21,27H,4-5,8-13,15-16H2/t19-,21+,27+/m0/s1. The predicted octanol–water partition coefficient (Wildman–Crippen LogP) is 5.41. The number of hydrogen-bond donors (Lipinski definition) is 0. The molecule has 4 aliphatic rings. The first-order chi connectivity index (χ1) is 21.2. The first-order valence-electron chi connectivity index (χ1n) is 14.9. The fourth-order valence-electron chi connectivity index (χ4n) is 6.67. The van der Waals surface area contributed by atoms with E-state index >= 15 is 0 Å². The molecule has 4 fully saturated rings. The van der Waals surface area contributed by atoms with Gasteiger partial charge in [0.15, 0.2) is 15.6 Å². The second kappa shape index (κ2) is 11.8. The summed E-state index contributed by atoms with van der Waals surface area (Å²) in [6, 6.07) is 8.38. The van der Waals surface area contributed by atoms with Gasteiger partial charge >= 0.3 is 0 Å². The van der Waals surface area contributed by atoms with E-state index in [0.29, 0.717) is 65.9 Å². The molecule has 2 saturated carbocycles. The molecule has 0 radical (unpaired) electrons. The number of anilines is 1. The summed E-state index contributed by atoms with van der Waals surface area (Å²) < 4.78 is 42.8. The molecule has 2 aliphatic carbocycles. The van der Waals surface area contributed by atoms with Crippen molar-refractivity contribution >= 4 is 50.4 Å². The molecule has 2 bridgehead atoms. The van der Waals surface area contributed by atoms with Gasteiger partial charge < -0.3 is 18.9 Å². The second-order valence-corrected chi connectivity index (χ2v) is 15.1. The number of ether oxygens (including phenoxy) is 2. The monoisotopic (exact) mass is 659 g/mol. The van der Waals surface area contributed by atoms with Gasteiger partial charge in [0.05, 0.1) is 45.8 Å². The molecule has 0 unspecified atom stereocenters. The number of benzene rings is 1. The lowest BCUT2D eigenvalue weighted by Gasteiger charge is -2.31. The number of ketones is 1. The number of pyridine rings is 1. The van der Waals surface area contributed by atoms with Crippen molar-refractivity contribution in [3.8, 4) is 11.3 Å². The third-order valence-electron chi connectivity index (χ3n) is 9.13. The largest absolute Gasteiger partial charge is 0.381 e. The maximum absolute atomic E-state index is 13.5. The quantitative estimate of drug-likeness (QED) is 0.262. The molecule has 2 aromatic heterocycles. The Kier molecular flexibility index (Phi) is 8.03. The summed E-state index contributed by atoms with van der Waals surface area (Å²) in [5, 5.41) is 4.70. The van der Waals surface area contributed by atoms with Crippen LogP contribution < -0.4 is 4.90 Å². The minimum absolute atomic E-state index is 0.0590. The molecule has 13 heteroatoms. The lowest BCUT2D eigenvalue weighted by Crippen LogP contribution is -2.43. The van der Waals surface area contributed by atoms with Crippen LogP contribution in [0.25, 0.3) is 11.3 Å². The number of amides is 1. The fraction of sp³-hybridized carbons (Fsp3) is 0.484. The van der Waals surface area contributed by atoms with Crippen LogP contribution in [0.15, 0.2) is 41.1 Å². The first kappa shape index (κ1) is 29.9. The molecule has 1 amide bonds. The van der Waals surface area contributed by atoms with Crippen LogP contribution in [0.3, 0.4) is 0 Å².